The Kier molecular flexibility index (Phi) is 5.84. The zero-order chi connectivity index (χ0) is 15.7. The third-order valence-corrected chi connectivity index (χ3v) is 4.79. The van der Waals surface area contributed by atoms with Crippen molar-refractivity contribution in [1.29, 1.82) is 0 Å². The van der Waals surface area contributed by atoms with Crippen molar-refractivity contribution in [2.75, 3.05) is 13.1 Å². The van der Waals surface area contributed by atoms with Crippen LogP contribution in [0.1, 0.15) is 26.2 Å². The molecule has 0 aliphatic carbocycles. The minimum atomic E-state index is 0. The molecule has 1 aromatic heterocycles. The van der Waals surface area contributed by atoms with Crippen LogP contribution in [0.3, 0.4) is 0 Å². The van der Waals surface area contributed by atoms with E-state index in [0.717, 1.165) is 29.5 Å². The minimum Gasteiger partial charge on any atom is -0.338 e. The van der Waals surface area contributed by atoms with Gasteiger partial charge in [-0.2, -0.15) is 4.98 Å². The second kappa shape index (κ2) is 7.30. The highest BCUT2D eigenvalue weighted by Crippen LogP contribution is 2.28. The molecule has 3 rings (SSSR count). The molecule has 1 aliphatic heterocycles. The van der Waals surface area contributed by atoms with Gasteiger partial charge in [0.25, 0.3) is 0 Å². The van der Waals surface area contributed by atoms with Crippen LogP contribution < -0.4 is 5.73 Å². The number of hydrogen-bond acceptors (Lipinski definition) is 5. The third-order valence-electron chi connectivity index (χ3n) is 4.30. The lowest BCUT2D eigenvalue weighted by molar-refractivity contribution is 0.0811. The molecular weight excluding hydrogens is 380 g/mol. The summed E-state index contributed by atoms with van der Waals surface area (Å²) in [7, 11) is 0. The Morgan fingerprint density at radius 2 is 2.22 bits per heavy atom. The van der Waals surface area contributed by atoms with E-state index in [1.54, 1.807) is 0 Å². The van der Waals surface area contributed by atoms with Crippen molar-refractivity contribution in [3.8, 4) is 11.4 Å². The van der Waals surface area contributed by atoms with Crippen LogP contribution in [0, 0.1) is 5.41 Å². The lowest BCUT2D eigenvalue weighted by atomic mass is 9.80. The number of rotatable bonds is 3. The minimum absolute atomic E-state index is 0. The molecule has 7 heteroatoms. The molecule has 1 aliphatic rings. The topological polar surface area (TPSA) is 68.2 Å². The Bertz CT molecular complexity index is 661. The van der Waals surface area contributed by atoms with Gasteiger partial charge >= 0.3 is 0 Å². The van der Waals surface area contributed by atoms with Crippen LogP contribution in [-0.2, 0) is 6.54 Å². The van der Waals surface area contributed by atoms with E-state index in [1.807, 2.05) is 24.3 Å². The van der Waals surface area contributed by atoms with Gasteiger partial charge in [-0.25, -0.2) is 0 Å². The molecule has 0 radical (unpaired) electrons. The second-order valence-corrected chi connectivity index (χ2v) is 7.53. The van der Waals surface area contributed by atoms with E-state index in [9.17, 15) is 0 Å². The van der Waals surface area contributed by atoms with Crippen LogP contribution in [0.15, 0.2) is 33.3 Å². The average Bonchev–Trinajstić information content (AvgIpc) is 2.91. The standard InChI is InChI=1S/C16H21BrN4O.ClH/c1-16(2)10-21(7-6-13(16)18)9-14-19-15(20-22-14)11-4-3-5-12(17)8-11;/h3-5,8,13H,6-7,9-10,18H2,1-2H3;1H. The van der Waals surface area contributed by atoms with E-state index >= 15 is 0 Å². The zero-order valence-corrected chi connectivity index (χ0v) is 15.7. The van der Waals surface area contributed by atoms with E-state index in [2.05, 4.69) is 44.8 Å². The smallest absolute Gasteiger partial charge is 0.241 e. The molecule has 1 aromatic carbocycles. The van der Waals surface area contributed by atoms with Gasteiger partial charge in [0.05, 0.1) is 6.54 Å². The maximum absolute atomic E-state index is 6.18. The Morgan fingerprint density at radius 1 is 1.43 bits per heavy atom. The second-order valence-electron chi connectivity index (χ2n) is 6.62. The first-order chi connectivity index (χ1) is 10.4. The Hall–Kier alpha value is -0.950. The first-order valence-corrected chi connectivity index (χ1v) is 8.30. The fourth-order valence-electron chi connectivity index (χ4n) is 2.88. The number of aromatic nitrogens is 2. The highest BCUT2D eigenvalue weighted by atomic mass is 79.9. The van der Waals surface area contributed by atoms with Crippen molar-refractivity contribution in [1.82, 2.24) is 15.0 Å². The maximum Gasteiger partial charge on any atom is 0.241 e. The van der Waals surface area contributed by atoms with Crippen molar-refractivity contribution >= 4 is 28.3 Å². The fraction of sp³-hybridized carbons (Fsp3) is 0.500. The molecular formula is C16H22BrClN4O. The molecule has 0 spiro atoms. The van der Waals surface area contributed by atoms with Gasteiger partial charge in [0.15, 0.2) is 0 Å². The highest BCUT2D eigenvalue weighted by molar-refractivity contribution is 9.10. The number of benzene rings is 1. The summed E-state index contributed by atoms with van der Waals surface area (Å²) in [5, 5.41) is 4.09. The van der Waals surface area contributed by atoms with Crippen LogP contribution in [0.25, 0.3) is 11.4 Å². The average molecular weight is 402 g/mol. The Morgan fingerprint density at radius 3 is 2.91 bits per heavy atom. The molecule has 1 atom stereocenters. The summed E-state index contributed by atoms with van der Waals surface area (Å²) in [5.74, 6) is 1.28. The largest absolute Gasteiger partial charge is 0.338 e. The molecule has 126 valence electrons. The highest BCUT2D eigenvalue weighted by Gasteiger charge is 2.33. The van der Waals surface area contributed by atoms with Crippen LogP contribution in [0.4, 0.5) is 0 Å². The number of hydrogen-bond donors (Lipinski definition) is 1. The molecule has 0 amide bonds. The predicted octanol–water partition coefficient (Wildman–Crippen LogP) is 3.48. The summed E-state index contributed by atoms with van der Waals surface area (Å²) in [6, 6.07) is 8.15. The van der Waals surface area contributed by atoms with E-state index in [4.69, 9.17) is 10.3 Å². The normalized spacial score (nSPS) is 21.0. The quantitative estimate of drug-likeness (QED) is 0.853. The van der Waals surface area contributed by atoms with Crippen molar-refractivity contribution < 1.29 is 4.52 Å². The van der Waals surface area contributed by atoms with Crippen molar-refractivity contribution in [3.63, 3.8) is 0 Å². The van der Waals surface area contributed by atoms with Gasteiger partial charge in [0, 0.05) is 29.2 Å². The molecule has 5 nitrogen and oxygen atoms in total. The van der Waals surface area contributed by atoms with Crippen molar-refractivity contribution in [3.05, 3.63) is 34.6 Å². The summed E-state index contributed by atoms with van der Waals surface area (Å²) in [4.78, 5) is 6.85. The van der Waals surface area contributed by atoms with Crippen molar-refractivity contribution in [2.45, 2.75) is 32.9 Å². The molecule has 23 heavy (non-hydrogen) atoms. The van der Waals surface area contributed by atoms with Gasteiger partial charge in [0.2, 0.25) is 11.7 Å². The van der Waals surface area contributed by atoms with E-state index < -0.39 is 0 Å². The number of halogens is 2. The first kappa shape index (κ1) is 18.4. The summed E-state index contributed by atoms with van der Waals surface area (Å²) < 4.78 is 6.41. The molecule has 1 fully saturated rings. The molecule has 1 saturated heterocycles. The number of nitrogens with zero attached hydrogens (tertiary/aromatic N) is 3. The Labute approximate surface area is 151 Å². The summed E-state index contributed by atoms with van der Waals surface area (Å²) in [5.41, 5.74) is 7.25. The number of piperidine rings is 1. The van der Waals surface area contributed by atoms with E-state index in [1.165, 1.54) is 0 Å². The Balaban J connectivity index is 0.00000192. The number of nitrogens with two attached hydrogens (primary N) is 1. The van der Waals surface area contributed by atoms with Gasteiger partial charge in [-0.3, -0.25) is 4.90 Å². The van der Waals surface area contributed by atoms with Gasteiger partial charge < -0.3 is 10.3 Å². The van der Waals surface area contributed by atoms with Crippen molar-refractivity contribution in [2.24, 2.45) is 11.1 Å². The first-order valence-electron chi connectivity index (χ1n) is 7.50. The van der Waals surface area contributed by atoms with E-state index in [-0.39, 0.29) is 23.9 Å². The predicted molar refractivity (Wildman–Crippen MR) is 96.3 cm³/mol. The van der Waals surface area contributed by atoms with Crippen LogP contribution in [0.5, 0.6) is 0 Å². The lowest BCUT2D eigenvalue weighted by Crippen LogP contribution is -2.52. The molecule has 1 unspecified atom stereocenters. The molecule has 0 saturated carbocycles. The molecule has 2 heterocycles. The van der Waals surface area contributed by atoms with E-state index in [0.29, 0.717) is 18.3 Å². The van der Waals surface area contributed by atoms with Crippen LogP contribution in [0.2, 0.25) is 0 Å². The fourth-order valence-corrected chi connectivity index (χ4v) is 3.27. The zero-order valence-electron chi connectivity index (χ0n) is 13.3. The van der Waals surface area contributed by atoms with Gasteiger partial charge in [0.1, 0.15) is 0 Å². The lowest BCUT2D eigenvalue weighted by Gasteiger charge is -2.42. The molecule has 2 aromatic rings. The summed E-state index contributed by atoms with van der Waals surface area (Å²) in [6.45, 7) is 7.02. The molecule has 0 bridgehead atoms. The summed E-state index contributed by atoms with van der Waals surface area (Å²) >= 11 is 3.46. The van der Waals surface area contributed by atoms with Gasteiger partial charge in [-0.15, -0.1) is 12.4 Å². The van der Waals surface area contributed by atoms with Crippen LogP contribution >= 0.6 is 28.3 Å². The third kappa shape index (κ3) is 4.32. The van der Waals surface area contributed by atoms with Gasteiger partial charge in [-0.05, 0) is 24.0 Å². The maximum atomic E-state index is 6.18. The van der Waals surface area contributed by atoms with Gasteiger partial charge in [-0.1, -0.05) is 47.1 Å². The summed E-state index contributed by atoms with van der Waals surface area (Å²) in [6.07, 6.45) is 1.000. The number of likely N-dealkylation sites (tertiary alicyclic amines) is 1. The molecule has 2 N–H and O–H groups in total. The monoisotopic (exact) mass is 400 g/mol. The SMILES string of the molecule is CC1(C)CN(Cc2nc(-c3cccc(Br)c3)no2)CCC1N.Cl. The van der Waals surface area contributed by atoms with Crippen LogP contribution in [-0.4, -0.2) is 34.2 Å².